The molecule has 2 rings (SSSR count). The van der Waals surface area contributed by atoms with Gasteiger partial charge in [0.15, 0.2) is 0 Å². The summed E-state index contributed by atoms with van der Waals surface area (Å²) < 4.78 is 0. The van der Waals surface area contributed by atoms with E-state index in [2.05, 4.69) is 5.32 Å². The van der Waals surface area contributed by atoms with Gasteiger partial charge in [-0.1, -0.05) is 24.3 Å². The van der Waals surface area contributed by atoms with E-state index < -0.39 is 0 Å². The summed E-state index contributed by atoms with van der Waals surface area (Å²) in [6.45, 7) is 0. The molecule has 3 nitrogen and oxygen atoms in total. The van der Waals surface area contributed by atoms with Gasteiger partial charge in [-0.05, 0) is 0 Å². The topological polar surface area (TPSA) is 49.3 Å². The number of carbonyl (C=O) groups excluding carboxylic acids is 1. The van der Waals surface area contributed by atoms with Gasteiger partial charge in [-0.3, -0.25) is 4.79 Å². The molecule has 0 radical (unpaired) electrons. The van der Waals surface area contributed by atoms with Crippen molar-refractivity contribution >= 4 is 5.91 Å². The van der Waals surface area contributed by atoms with Gasteiger partial charge in [-0.25, -0.2) is 0 Å². The second kappa shape index (κ2) is 2.52. The molecule has 0 aromatic heterocycles. The van der Waals surface area contributed by atoms with E-state index in [4.69, 9.17) is 0 Å². The molecule has 2 N–H and O–H groups in total. The Morgan fingerprint density at radius 2 is 2.08 bits per heavy atom. The van der Waals surface area contributed by atoms with Crippen molar-refractivity contribution in [3.63, 3.8) is 0 Å². The SMILES string of the molecule is O=C1C=C(O)C2C=CC=CC2N1. The summed E-state index contributed by atoms with van der Waals surface area (Å²) in [6, 6.07) is -0.0764. The molecule has 1 aliphatic carbocycles. The van der Waals surface area contributed by atoms with Crippen LogP contribution in [0.15, 0.2) is 36.1 Å². The molecule has 3 heteroatoms. The zero-order valence-electron chi connectivity index (χ0n) is 6.40. The normalized spacial score (nSPS) is 32.3. The summed E-state index contributed by atoms with van der Waals surface area (Å²) in [5.41, 5.74) is 0. The second-order valence-corrected chi connectivity index (χ2v) is 2.90. The Kier molecular flexibility index (Phi) is 1.50. The number of fused-ring (bicyclic) bond motifs is 1. The van der Waals surface area contributed by atoms with E-state index in [-0.39, 0.29) is 23.6 Å². The smallest absolute Gasteiger partial charge is 0.247 e. The quantitative estimate of drug-likeness (QED) is 0.551. The minimum Gasteiger partial charge on any atom is -0.511 e. The molecule has 1 heterocycles. The van der Waals surface area contributed by atoms with Gasteiger partial charge < -0.3 is 10.4 Å². The van der Waals surface area contributed by atoms with Gasteiger partial charge >= 0.3 is 0 Å². The average molecular weight is 163 g/mol. The molecule has 2 aliphatic rings. The number of aliphatic hydroxyl groups is 1. The van der Waals surface area contributed by atoms with E-state index in [0.717, 1.165) is 0 Å². The number of rotatable bonds is 0. The largest absolute Gasteiger partial charge is 0.511 e. The fourth-order valence-electron chi connectivity index (χ4n) is 1.46. The van der Waals surface area contributed by atoms with Crippen LogP contribution >= 0.6 is 0 Å². The number of amides is 1. The van der Waals surface area contributed by atoms with Gasteiger partial charge in [-0.2, -0.15) is 0 Å². The van der Waals surface area contributed by atoms with Gasteiger partial charge in [0, 0.05) is 6.08 Å². The van der Waals surface area contributed by atoms with Crippen molar-refractivity contribution < 1.29 is 9.90 Å². The molecule has 0 aromatic carbocycles. The Morgan fingerprint density at radius 3 is 2.92 bits per heavy atom. The lowest BCUT2D eigenvalue weighted by Gasteiger charge is -2.27. The predicted molar refractivity (Wildman–Crippen MR) is 44.4 cm³/mol. The summed E-state index contributed by atoms with van der Waals surface area (Å²) >= 11 is 0. The van der Waals surface area contributed by atoms with E-state index in [1.54, 1.807) is 0 Å². The number of hydrogen-bond donors (Lipinski definition) is 2. The first-order valence-corrected chi connectivity index (χ1v) is 3.83. The number of allylic oxidation sites excluding steroid dienone is 2. The fourth-order valence-corrected chi connectivity index (χ4v) is 1.46. The number of nitrogens with one attached hydrogen (secondary N) is 1. The molecule has 62 valence electrons. The first-order valence-electron chi connectivity index (χ1n) is 3.83. The zero-order chi connectivity index (χ0) is 8.55. The van der Waals surface area contributed by atoms with Crippen molar-refractivity contribution in [3.05, 3.63) is 36.1 Å². The molecule has 0 spiro atoms. The third kappa shape index (κ3) is 1.03. The molecule has 1 aliphatic heterocycles. The first kappa shape index (κ1) is 7.16. The summed E-state index contributed by atoms with van der Waals surface area (Å²) in [7, 11) is 0. The lowest BCUT2D eigenvalue weighted by molar-refractivity contribution is -0.117. The maximum atomic E-state index is 10.9. The third-order valence-electron chi connectivity index (χ3n) is 2.06. The van der Waals surface area contributed by atoms with Crippen LogP contribution in [0.1, 0.15) is 0 Å². The van der Waals surface area contributed by atoms with E-state index in [1.807, 2.05) is 24.3 Å². The highest BCUT2D eigenvalue weighted by Gasteiger charge is 2.27. The van der Waals surface area contributed by atoms with Crippen LogP contribution in [0, 0.1) is 5.92 Å². The minimum atomic E-state index is -0.228. The fraction of sp³-hybridized carbons (Fsp3) is 0.222. The number of carbonyl (C=O) groups is 1. The van der Waals surface area contributed by atoms with Crippen molar-refractivity contribution in [1.29, 1.82) is 0 Å². The van der Waals surface area contributed by atoms with Gasteiger partial charge in [0.2, 0.25) is 5.91 Å². The van der Waals surface area contributed by atoms with Crippen LogP contribution in [-0.2, 0) is 4.79 Å². The maximum Gasteiger partial charge on any atom is 0.247 e. The third-order valence-corrected chi connectivity index (χ3v) is 2.06. The van der Waals surface area contributed by atoms with Crippen molar-refractivity contribution in [2.24, 2.45) is 5.92 Å². The van der Waals surface area contributed by atoms with E-state index >= 15 is 0 Å². The summed E-state index contributed by atoms with van der Waals surface area (Å²) in [5, 5.41) is 12.1. The molecule has 12 heavy (non-hydrogen) atoms. The highest BCUT2D eigenvalue weighted by molar-refractivity contribution is 5.89. The van der Waals surface area contributed by atoms with Gasteiger partial charge in [0.1, 0.15) is 5.76 Å². The molecule has 0 fully saturated rings. The lowest BCUT2D eigenvalue weighted by atomic mass is 9.90. The highest BCUT2D eigenvalue weighted by Crippen LogP contribution is 2.22. The highest BCUT2D eigenvalue weighted by atomic mass is 16.3. The van der Waals surface area contributed by atoms with E-state index in [0.29, 0.717) is 0 Å². The monoisotopic (exact) mass is 163 g/mol. The lowest BCUT2D eigenvalue weighted by Crippen LogP contribution is -2.42. The Labute approximate surface area is 70.1 Å². The Morgan fingerprint density at radius 1 is 1.33 bits per heavy atom. The van der Waals surface area contributed by atoms with Gasteiger partial charge in [0.25, 0.3) is 0 Å². The molecular formula is C9H9NO2. The van der Waals surface area contributed by atoms with Crippen LogP contribution in [0.2, 0.25) is 0 Å². The molecule has 2 atom stereocenters. The predicted octanol–water partition coefficient (Wildman–Crippen LogP) is 0.669. The van der Waals surface area contributed by atoms with Crippen molar-refractivity contribution in [2.75, 3.05) is 0 Å². The summed E-state index contributed by atoms with van der Waals surface area (Å²) in [4.78, 5) is 10.9. The summed E-state index contributed by atoms with van der Waals surface area (Å²) in [6.07, 6.45) is 8.69. The van der Waals surface area contributed by atoms with Gasteiger partial charge in [0.05, 0.1) is 12.0 Å². The van der Waals surface area contributed by atoms with Crippen LogP contribution < -0.4 is 5.32 Å². The molecule has 0 saturated carbocycles. The van der Waals surface area contributed by atoms with Crippen LogP contribution in [0.4, 0.5) is 0 Å². The Hall–Kier alpha value is -1.51. The minimum absolute atomic E-state index is 0.0762. The van der Waals surface area contributed by atoms with Crippen LogP contribution in [0.25, 0.3) is 0 Å². The number of hydrogen-bond acceptors (Lipinski definition) is 2. The van der Waals surface area contributed by atoms with Crippen molar-refractivity contribution in [1.82, 2.24) is 5.32 Å². The van der Waals surface area contributed by atoms with Crippen LogP contribution in [0.3, 0.4) is 0 Å². The zero-order valence-corrected chi connectivity index (χ0v) is 6.40. The molecule has 2 unspecified atom stereocenters. The molecular weight excluding hydrogens is 154 g/mol. The Balaban J connectivity index is 2.34. The molecule has 0 saturated heterocycles. The molecule has 1 amide bonds. The van der Waals surface area contributed by atoms with E-state index in [9.17, 15) is 9.90 Å². The van der Waals surface area contributed by atoms with Crippen molar-refractivity contribution in [2.45, 2.75) is 6.04 Å². The average Bonchev–Trinajstić information content (AvgIpc) is 2.04. The standard InChI is InChI=1S/C9H9NO2/c11-8-5-9(12)10-7-4-2-1-3-6(7)8/h1-7,11H,(H,10,12). The van der Waals surface area contributed by atoms with E-state index in [1.165, 1.54) is 6.08 Å². The van der Waals surface area contributed by atoms with Crippen molar-refractivity contribution in [3.8, 4) is 0 Å². The Bertz CT molecular complexity index is 302. The molecule has 0 aromatic rings. The van der Waals surface area contributed by atoms with Crippen LogP contribution in [0.5, 0.6) is 0 Å². The van der Waals surface area contributed by atoms with Crippen LogP contribution in [-0.4, -0.2) is 17.1 Å². The second-order valence-electron chi connectivity index (χ2n) is 2.90. The number of aliphatic hydroxyl groups excluding tert-OH is 1. The maximum absolute atomic E-state index is 10.9. The van der Waals surface area contributed by atoms with Gasteiger partial charge in [-0.15, -0.1) is 0 Å². The molecule has 0 bridgehead atoms. The first-order chi connectivity index (χ1) is 5.77. The summed E-state index contributed by atoms with van der Waals surface area (Å²) in [5.74, 6) is -0.161.